The minimum atomic E-state index is -0.0303. The molecule has 0 spiro atoms. The van der Waals surface area contributed by atoms with Crippen molar-refractivity contribution in [3.05, 3.63) is 42.2 Å². The topological polar surface area (TPSA) is 83.8 Å². The Morgan fingerprint density at radius 1 is 1.44 bits per heavy atom. The molecule has 2 aromatic rings. The third kappa shape index (κ3) is 2.32. The Kier molecular flexibility index (Phi) is 3.27. The number of pyridine rings is 1. The molecule has 94 valence electrons. The highest BCUT2D eigenvalue weighted by Gasteiger charge is 2.12. The van der Waals surface area contributed by atoms with E-state index in [-0.39, 0.29) is 5.84 Å². The third-order valence-corrected chi connectivity index (χ3v) is 2.75. The van der Waals surface area contributed by atoms with Crippen LogP contribution >= 0.6 is 0 Å². The Hall–Kier alpha value is -2.37. The lowest BCUT2D eigenvalue weighted by atomic mass is 10.2. The van der Waals surface area contributed by atoms with Crippen LogP contribution in [-0.4, -0.2) is 27.4 Å². The number of nitrogen functional groups attached to an aromatic ring is 1. The molecule has 0 aliphatic heterocycles. The van der Waals surface area contributed by atoms with E-state index < -0.39 is 0 Å². The molecule has 2 rings (SSSR count). The van der Waals surface area contributed by atoms with Gasteiger partial charge in [-0.2, -0.15) is 0 Å². The number of amidine groups is 1. The predicted molar refractivity (Wildman–Crippen MR) is 70.6 cm³/mol. The summed E-state index contributed by atoms with van der Waals surface area (Å²) in [6.07, 6.45) is 5.30. The summed E-state index contributed by atoms with van der Waals surface area (Å²) in [7, 11) is 3.88. The smallest absolute Gasteiger partial charge is 0.143 e. The van der Waals surface area contributed by atoms with E-state index in [2.05, 4.69) is 9.97 Å². The van der Waals surface area contributed by atoms with Crippen LogP contribution in [0.2, 0.25) is 0 Å². The summed E-state index contributed by atoms with van der Waals surface area (Å²) in [5.74, 6) is 0.910. The van der Waals surface area contributed by atoms with Gasteiger partial charge in [-0.1, -0.05) is 0 Å². The zero-order chi connectivity index (χ0) is 13.1. The van der Waals surface area contributed by atoms with Crippen molar-refractivity contribution in [2.45, 2.75) is 6.54 Å². The molecule has 2 aromatic heterocycles. The monoisotopic (exact) mass is 244 g/mol. The van der Waals surface area contributed by atoms with Gasteiger partial charge in [0.25, 0.3) is 0 Å². The highest BCUT2D eigenvalue weighted by molar-refractivity contribution is 5.98. The summed E-state index contributed by atoms with van der Waals surface area (Å²) in [4.78, 5) is 10.4. The molecule has 0 bridgehead atoms. The molecule has 6 nitrogen and oxygen atoms in total. The van der Waals surface area contributed by atoms with Crippen LogP contribution in [-0.2, 0) is 13.6 Å². The van der Waals surface area contributed by atoms with Gasteiger partial charge in [0.05, 0.1) is 12.2 Å². The van der Waals surface area contributed by atoms with Gasteiger partial charge >= 0.3 is 0 Å². The van der Waals surface area contributed by atoms with Gasteiger partial charge in [0, 0.05) is 32.7 Å². The molecule has 0 aliphatic rings. The van der Waals surface area contributed by atoms with Gasteiger partial charge in [0.15, 0.2) is 0 Å². The minimum absolute atomic E-state index is 0.0303. The third-order valence-electron chi connectivity index (χ3n) is 2.75. The summed E-state index contributed by atoms with van der Waals surface area (Å²) in [6.45, 7) is 0.634. The zero-order valence-electron chi connectivity index (χ0n) is 10.5. The lowest BCUT2D eigenvalue weighted by Crippen LogP contribution is -2.24. The Bertz CT molecular complexity index is 559. The summed E-state index contributed by atoms with van der Waals surface area (Å²) in [6, 6.07) is 3.73. The van der Waals surface area contributed by atoms with Crippen LogP contribution in [0.5, 0.6) is 0 Å². The van der Waals surface area contributed by atoms with E-state index in [0.29, 0.717) is 12.2 Å². The number of nitrogens with zero attached hydrogens (tertiary/aromatic N) is 4. The maximum Gasteiger partial charge on any atom is 0.143 e. The molecule has 0 unspecified atom stereocenters. The van der Waals surface area contributed by atoms with Crippen molar-refractivity contribution >= 4 is 11.5 Å². The molecule has 0 aromatic carbocycles. The van der Waals surface area contributed by atoms with Crippen LogP contribution in [0.4, 0.5) is 5.69 Å². The lowest BCUT2D eigenvalue weighted by Gasteiger charge is -2.20. The van der Waals surface area contributed by atoms with Crippen molar-refractivity contribution in [2.75, 3.05) is 11.9 Å². The molecular weight excluding hydrogens is 228 g/mol. The molecule has 0 radical (unpaired) electrons. The summed E-state index contributed by atoms with van der Waals surface area (Å²) >= 11 is 0. The molecule has 18 heavy (non-hydrogen) atoms. The van der Waals surface area contributed by atoms with Crippen LogP contribution < -0.4 is 10.6 Å². The van der Waals surface area contributed by atoms with Crippen LogP contribution in [0.3, 0.4) is 0 Å². The Balaban J connectivity index is 2.26. The number of nitrogens with two attached hydrogens (primary N) is 1. The van der Waals surface area contributed by atoms with Crippen molar-refractivity contribution in [3.8, 4) is 0 Å². The van der Waals surface area contributed by atoms with Gasteiger partial charge in [-0.05, 0) is 12.1 Å². The molecule has 0 saturated carbocycles. The number of nitrogens with one attached hydrogen (secondary N) is 1. The molecule has 0 fully saturated rings. The second-order valence-corrected chi connectivity index (χ2v) is 4.10. The molecule has 6 heteroatoms. The standard InChI is InChI=1S/C12H16N6/c1-17-7-6-15-10(17)8-18(2)9-4-3-5-16-11(9)12(13)14/h3-7H,8H2,1-2H3,(H3,13,14). The van der Waals surface area contributed by atoms with Crippen molar-refractivity contribution in [1.82, 2.24) is 14.5 Å². The van der Waals surface area contributed by atoms with Gasteiger partial charge in [0.1, 0.15) is 17.4 Å². The fraction of sp³-hybridized carbons (Fsp3) is 0.250. The largest absolute Gasteiger partial charge is 0.382 e. The second-order valence-electron chi connectivity index (χ2n) is 4.10. The molecular formula is C12H16N6. The van der Waals surface area contributed by atoms with Crippen molar-refractivity contribution in [3.63, 3.8) is 0 Å². The van der Waals surface area contributed by atoms with E-state index >= 15 is 0 Å². The molecule has 3 N–H and O–H groups in total. The first-order valence-corrected chi connectivity index (χ1v) is 5.56. The SMILES string of the molecule is CN(Cc1nccn1C)c1cccnc1C(=N)N. The van der Waals surface area contributed by atoms with E-state index in [1.165, 1.54) is 0 Å². The second kappa shape index (κ2) is 4.87. The number of rotatable bonds is 4. The molecule has 0 amide bonds. The van der Waals surface area contributed by atoms with E-state index in [9.17, 15) is 0 Å². The lowest BCUT2D eigenvalue weighted by molar-refractivity contribution is 0.760. The van der Waals surface area contributed by atoms with Crippen molar-refractivity contribution in [2.24, 2.45) is 12.8 Å². The Labute approximate surface area is 106 Å². The average molecular weight is 244 g/mol. The summed E-state index contributed by atoms with van der Waals surface area (Å²) in [5, 5.41) is 7.53. The summed E-state index contributed by atoms with van der Waals surface area (Å²) < 4.78 is 1.96. The van der Waals surface area contributed by atoms with Crippen LogP contribution in [0, 0.1) is 5.41 Å². The Morgan fingerprint density at radius 2 is 2.22 bits per heavy atom. The predicted octanol–water partition coefficient (Wildman–Crippen LogP) is 0.736. The van der Waals surface area contributed by atoms with E-state index in [1.807, 2.05) is 41.9 Å². The molecule has 0 saturated heterocycles. The van der Waals surface area contributed by atoms with Gasteiger partial charge in [-0.15, -0.1) is 0 Å². The van der Waals surface area contributed by atoms with Gasteiger partial charge in [-0.3, -0.25) is 10.4 Å². The Morgan fingerprint density at radius 3 is 2.83 bits per heavy atom. The minimum Gasteiger partial charge on any atom is -0.382 e. The van der Waals surface area contributed by atoms with Crippen LogP contribution in [0.15, 0.2) is 30.7 Å². The molecule has 0 aliphatic carbocycles. The first-order chi connectivity index (χ1) is 8.59. The first-order valence-electron chi connectivity index (χ1n) is 5.56. The molecule has 2 heterocycles. The summed E-state index contributed by atoms with van der Waals surface area (Å²) in [5.41, 5.74) is 6.85. The van der Waals surface area contributed by atoms with E-state index in [0.717, 1.165) is 11.5 Å². The quantitative estimate of drug-likeness (QED) is 0.613. The fourth-order valence-electron chi connectivity index (χ4n) is 1.76. The zero-order valence-corrected chi connectivity index (χ0v) is 10.5. The highest BCUT2D eigenvalue weighted by atomic mass is 15.2. The number of aryl methyl sites for hydroxylation is 1. The number of hydrogen-bond donors (Lipinski definition) is 2. The maximum absolute atomic E-state index is 7.53. The first kappa shape index (κ1) is 12.1. The van der Waals surface area contributed by atoms with E-state index in [4.69, 9.17) is 11.1 Å². The normalized spacial score (nSPS) is 10.3. The highest BCUT2D eigenvalue weighted by Crippen LogP contribution is 2.17. The molecule has 0 atom stereocenters. The number of anilines is 1. The number of aromatic nitrogens is 3. The number of imidazole rings is 1. The van der Waals surface area contributed by atoms with Crippen molar-refractivity contribution < 1.29 is 0 Å². The van der Waals surface area contributed by atoms with E-state index in [1.54, 1.807) is 12.4 Å². The van der Waals surface area contributed by atoms with Crippen LogP contribution in [0.25, 0.3) is 0 Å². The fourth-order valence-corrected chi connectivity index (χ4v) is 1.76. The van der Waals surface area contributed by atoms with Gasteiger partial charge in [0.2, 0.25) is 0 Å². The maximum atomic E-state index is 7.53. The average Bonchev–Trinajstić information content (AvgIpc) is 2.75. The van der Waals surface area contributed by atoms with Crippen molar-refractivity contribution in [1.29, 1.82) is 5.41 Å². The number of hydrogen-bond acceptors (Lipinski definition) is 4. The van der Waals surface area contributed by atoms with Gasteiger partial charge < -0.3 is 15.2 Å². The van der Waals surface area contributed by atoms with Crippen LogP contribution in [0.1, 0.15) is 11.5 Å². The van der Waals surface area contributed by atoms with Gasteiger partial charge in [-0.25, -0.2) is 4.98 Å².